The van der Waals surface area contributed by atoms with Gasteiger partial charge in [0.2, 0.25) is 11.8 Å². The lowest BCUT2D eigenvalue weighted by Gasteiger charge is -2.32. The van der Waals surface area contributed by atoms with Crippen LogP contribution in [0.2, 0.25) is 20.1 Å². The highest BCUT2D eigenvalue weighted by molar-refractivity contribution is 6.36. The van der Waals surface area contributed by atoms with E-state index in [1.807, 2.05) is 20.8 Å². The molecule has 0 saturated heterocycles. The Balaban J connectivity index is 2.36. The topological polar surface area (TPSA) is 49.4 Å². The van der Waals surface area contributed by atoms with Crippen molar-refractivity contribution in [2.75, 3.05) is 0 Å². The van der Waals surface area contributed by atoms with E-state index >= 15 is 0 Å². The number of benzene rings is 2. The second-order valence-corrected chi connectivity index (χ2v) is 9.71. The van der Waals surface area contributed by atoms with Gasteiger partial charge in [-0.1, -0.05) is 58.5 Å². The zero-order chi connectivity index (χ0) is 22.6. The standard InChI is InChI=1S/C22H24Cl4N2O2/c1-13(21(30)27-22(2,3)4)28(12-14-8-9-15(23)10-19(14)26)20(29)11-16-17(24)6-5-7-18(16)25/h5-10,13H,11-12H2,1-4H3,(H,27,30)/t13-/m0/s1. The fraction of sp³-hybridized carbons (Fsp3) is 0.364. The first-order chi connectivity index (χ1) is 13.9. The molecule has 2 amide bonds. The van der Waals surface area contributed by atoms with Crippen LogP contribution in [0.3, 0.4) is 0 Å². The van der Waals surface area contributed by atoms with Crippen LogP contribution in [-0.2, 0) is 22.6 Å². The number of carbonyl (C=O) groups excluding carboxylic acids is 2. The molecule has 0 radical (unpaired) electrons. The van der Waals surface area contributed by atoms with E-state index in [1.165, 1.54) is 4.90 Å². The molecule has 0 fully saturated rings. The summed E-state index contributed by atoms with van der Waals surface area (Å²) in [5.41, 5.74) is 0.751. The summed E-state index contributed by atoms with van der Waals surface area (Å²) >= 11 is 24.8. The molecular formula is C22H24Cl4N2O2. The highest BCUT2D eigenvalue weighted by atomic mass is 35.5. The predicted molar refractivity (Wildman–Crippen MR) is 125 cm³/mol. The van der Waals surface area contributed by atoms with E-state index in [4.69, 9.17) is 46.4 Å². The fourth-order valence-electron chi connectivity index (χ4n) is 2.84. The van der Waals surface area contributed by atoms with Gasteiger partial charge in [-0.05, 0) is 63.1 Å². The molecule has 0 aliphatic heterocycles. The van der Waals surface area contributed by atoms with Crippen molar-refractivity contribution in [3.05, 3.63) is 67.6 Å². The number of rotatable bonds is 6. The predicted octanol–water partition coefficient (Wildman–Crippen LogP) is 6.17. The van der Waals surface area contributed by atoms with Crippen LogP contribution in [0, 0.1) is 0 Å². The Kier molecular flexibility index (Phi) is 8.46. The van der Waals surface area contributed by atoms with E-state index in [9.17, 15) is 9.59 Å². The molecule has 0 bridgehead atoms. The zero-order valence-corrected chi connectivity index (χ0v) is 20.3. The average Bonchev–Trinajstić information content (AvgIpc) is 2.62. The lowest BCUT2D eigenvalue weighted by atomic mass is 10.1. The van der Waals surface area contributed by atoms with E-state index in [0.717, 1.165) is 0 Å². The summed E-state index contributed by atoms with van der Waals surface area (Å²) in [6, 6.07) is 9.34. The molecule has 2 rings (SSSR count). The van der Waals surface area contributed by atoms with Crippen LogP contribution in [0.1, 0.15) is 38.8 Å². The lowest BCUT2D eigenvalue weighted by Crippen LogP contribution is -2.52. The molecule has 4 nitrogen and oxygen atoms in total. The Hall–Kier alpha value is -1.46. The van der Waals surface area contributed by atoms with Crippen molar-refractivity contribution in [1.82, 2.24) is 10.2 Å². The minimum absolute atomic E-state index is 0.0448. The molecule has 0 aliphatic rings. The van der Waals surface area contributed by atoms with Crippen LogP contribution < -0.4 is 5.32 Å². The minimum Gasteiger partial charge on any atom is -0.350 e. The molecule has 1 N–H and O–H groups in total. The van der Waals surface area contributed by atoms with Gasteiger partial charge in [0.1, 0.15) is 6.04 Å². The summed E-state index contributed by atoms with van der Waals surface area (Å²) in [6.07, 6.45) is -0.0448. The quantitative estimate of drug-likeness (QED) is 0.527. The number of amides is 2. The van der Waals surface area contributed by atoms with Crippen molar-refractivity contribution in [1.29, 1.82) is 0 Å². The molecule has 0 spiro atoms. The van der Waals surface area contributed by atoms with Crippen LogP contribution in [0.5, 0.6) is 0 Å². The van der Waals surface area contributed by atoms with E-state index in [2.05, 4.69) is 5.32 Å². The fourth-order valence-corrected chi connectivity index (χ4v) is 3.84. The van der Waals surface area contributed by atoms with Gasteiger partial charge in [-0.2, -0.15) is 0 Å². The maximum absolute atomic E-state index is 13.3. The van der Waals surface area contributed by atoms with Crippen molar-refractivity contribution in [2.24, 2.45) is 0 Å². The van der Waals surface area contributed by atoms with E-state index in [1.54, 1.807) is 43.3 Å². The Morgan fingerprint density at radius 1 is 1.00 bits per heavy atom. The second-order valence-electron chi connectivity index (χ2n) is 8.05. The molecule has 8 heteroatoms. The number of carbonyl (C=O) groups is 2. The molecule has 30 heavy (non-hydrogen) atoms. The normalized spacial score (nSPS) is 12.4. The molecule has 2 aromatic carbocycles. The van der Waals surface area contributed by atoms with Gasteiger partial charge in [0.15, 0.2) is 0 Å². The van der Waals surface area contributed by atoms with Crippen molar-refractivity contribution in [2.45, 2.75) is 52.2 Å². The molecule has 1 atom stereocenters. The van der Waals surface area contributed by atoms with Gasteiger partial charge >= 0.3 is 0 Å². The highest BCUT2D eigenvalue weighted by Gasteiger charge is 2.29. The summed E-state index contributed by atoms with van der Waals surface area (Å²) < 4.78 is 0. The smallest absolute Gasteiger partial charge is 0.242 e. The van der Waals surface area contributed by atoms with Gasteiger partial charge in [-0.3, -0.25) is 9.59 Å². The lowest BCUT2D eigenvalue weighted by molar-refractivity contribution is -0.140. The number of nitrogens with one attached hydrogen (secondary N) is 1. The third-order valence-electron chi connectivity index (χ3n) is 4.41. The van der Waals surface area contributed by atoms with Crippen molar-refractivity contribution in [3.8, 4) is 0 Å². The Labute approximate surface area is 197 Å². The monoisotopic (exact) mass is 488 g/mol. The Morgan fingerprint density at radius 3 is 2.13 bits per heavy atom. The van der Waals surface area contributed by atoms with Gasteiger partial charge in [0, 0.05) is 32.2 Å². The van der Waals surface area contributed by atoms with Crippen molar-refractivity contribution >= 4 is 58.2 Å². The van der Waals surface area contributed by atoms with Gasteiger partial charge < -0.3 is 10.2 Å². The number of hydrogen-bond acceptors (Lipinski definition) is 2. The van der Waals surface area contributed by atoms with E-state index in [0.29, 0.717) is 31.2 Å². The van der Waals surface area contributed by atoms with Crippen molar-refractivity contribution < 1.29 is 9.59 Å². The molecular weight excluding hydrogens is 466 g/mol. The molecule has 162 valence electrons. The maximum atomic E-state index is 13.3. The third-order valence-corrected chi connectivity index (χ3v) is 5.71. The molecule has 2 aromatic rings. The SMILES string of the molecule is C[C@@H](C(=O)NC(C)(C)C)N(Cc1ccc(Cl)cc1Cl)C(=O)Cc1c(Cl)cccc1Cl. The van der Waals surface area contributed by atoms with Crippen LogP contribution >= 0.6 is 46.4 Å². The van der Waals surface area contributed by atoms with Crippen LogP contribution in [0.25, 0.3) is 0 Å². The average molecular weight is 490 g/mol. The number of hydrogen-bond donors (Lipinski definition) is 1. The molecule has 0 unspecified atom stereocenters. The zero-order valence-electron chi connectivity index (χ0n) is 17.2. The van der Waals surface area contributed by atoms with Gasteiger partial charge in [-0.15, -0.1) is 0 Å². The summed E-state index contributed by atoms with van der Waals surface area (Å²) in [4.78, 5) is 27.5. The molecule has 0 aromatic heterocycles. The van der Waals surface area contributed by atoms with Gasteiger partial charge in [-0.25, -0.2) is 0 Å². The van der Waals surface area contributed by atoms with E-state index in [-0.39, 0.29) is 24.8 Å². The third kappa shape index (κ3) is 6.78. The first kappa shape index (κ1) is 24.8. The number of halogens is 4. The largest absolute Gasteiger partial charge is 0.350 e. The molecule has 0 saturated carbocycles. The highest BCUT2D eigenvalue weighted by Crippen LogP contribution is 2.27. The summed E-state index contributed by atoms with van der Waals surface area (Å²) in [6.45, 7) is 7.45. The Bertz CT molecular complexity index is 921. The van der Waals surface area contributed by atoms with Crippen LogP contribution in [-0.4, -0.2) is 28.3 Å². The summed E-state index contributed by atoms with van der Waals surface area (Å²) in [5, 5.41) is 4.61. The van der Waals surface area contributed by atoms with Crippen LogP contribution in [0.15, 0.2) is 36.4 Å². The van der Waals surface area contributed by atoms with Crippen LogP contribution in [0.4, 0.5) is 0 Å². The van der Waals surface area contributed by atoms with Gasteiger partial charge in [0.05, 0.1) is 6.42 Å². The van der Waals surface area contributed by atoms with Gasteiger partial charge in [0.25, 0.3) is 0 Å². The molecule has 0 aliphatic carbocycles. The van der Waals surface area contributed by atoms with Crippen molar-refractivity contribution in [3.63, 3.8) is 0 Å². The molecule has 0 heterocycles. The minimum atomic E-state index is -0.746. The first-order valence-electron chi connectivity index (χ1n) is 9.37. The first-order valence-corrected chi connectivity index (χ1v) is 10.9. The summed E-state index contributed by atoms with van der Waals surface area (Å²) in [7, 11) is 0. The summed E-state index contributed by atoms with van der Waals surface area (Å²) in [5.74, 6) is -0.571. The maximum Gasteiger partial charge on any atom is 0.242 e. The second kappa shape index (κ2) is 10.2. The number of nitrogens with zero attached hydrogens (tertiary/aromatic N) is 1. The van der Waals surface area contributed by atoms with E-state index < -0.39 is 11.6 Å². The Morgan fingerprint density at radius 2 is 1.60 bits per heavy atom.